The molecule has 0 bridgehead atoms. The van der Waals surface area contributed by atoms with E-state index in [2.05, 4.69) is 19.2 Å². The SMILES string of the molecule is COCCCC(N)C(=O)NC(c1ccccc1)C(C)C. The maximum Gasteiger partial charge on any atom is 0.237 e. The van der Waals surface area contributed by atoms with Gasteiger partial charge in [-0.25, -0.2) is 0 Å². The predicted molar refractivity (Wildman–Crippen MR) is 81.2 cm³/mol. The molecule has 1 aromatic rings. The summed E-state index contributed by atoms with van der Waals surface area (Å²) in [6.07, 6.45) is 1.43. The highest BCUT2D eigenvalue weighted by Crippen LogP contribution is 2.21. The van der Waals surface area contributed by atoms with E-state index < -0.39 is 6.04 Å². The third-order valence-corrected chi connectivity index (χ3v) is 3.32. The van der Waals surface area contributed by atoms with E-state index in [0.29, 0.717) is 18.9 Å². The molecule has 0 aliphatic carbocycles. The van der Waals surface area contributed by atoms with Crippen LogP contribution in [0.5, 0.6) is 0 Å². The average Bonchev–Trinajstić information content (AvgIpc) is 2.45. The number of nitrogens with two attached hydrogens (primary N) is 1. The highest BCUT2D eigenvalue weighted by Gasteiger charge is 2.21. The lowest BCUT2D eigenvalue weighted by Gasteiger charge is -2.24. The van der Waals surface area contributed by atoms with Gasteiger partial charge in [0.15, 0.2) is 0 Å². The smallest absolute Gasteiger partial charge is 0.237 e. The number of carbonyl (C=O) groups excluding carboxylic acids is 1. The molecule has 112 valence electrons. The van der Waals surface area contributed by atoms with Gasteiger partial charge < -0.3 is 15.8 Å². The van der Waals surface area contributed by atoms with Crippen LogP contribution in [0.15, 0.2) is 30.3 Å². The molecule has 0 saturated heterocycles. The zero-order valence-corrected chi connectivity index (χ0v) is 12.6. The summed E-state index contributed by atoms with van der Waals surface area (Å²) in [4.78, 5) is 12.1. The minimum Gasteiger partial charge on any atom is -0.385 e. The number of rotatable bonds is 8. The lowest BCUT2D eigenvalue weighted by molar-refractivity contribution is -0.123. The summed E-state index contributed by atoms with van der Waals surface area (Å²) in [5.41, 5.74) is 7.03. The molecule has 2 atom stereocenters. The summed E-state index contributed by atoms with van der Waals surface area (Å²) < 4.78 is 4.97. The summed E-state index contributed by atoms with van der Waals surface area (Å²) >= 11 is 0. The molecule has 20 heavy (non-hydrogen) atoms. The van der Waals surface area contributed by atoms with Crippen LogP contribution in [-0.4, -0.2) is 25.7 Å². The van der Waals surface area contributed by atoms with Crippen molar-refractivity contribution in [1.82, 2.24) is 5.32 Å². The van der Waals surface area contributed by atoms with E-state index in [0.717, 1.165) is 12.0 Å². The second-order valence-electron chi connectivity index (χ2n) is 5.38. The topological polar surface area (TPSA) is 64.3 Å². The van der Waals surface area contributed by atoms with Crippen LogP contribution in [-0.2, 0) is 9.53 Å². The second-order valence-corrected chi connectivity index (χ2v) is 5.38. The standard InChI is InChI=1S/C16H26N2O2/c1-12(2)15(13-8-5-4-6-9-13)18-16(19)14(17)10-7-11-20-3/h4-6,8-9,12,14-15H,7,10-11,17H2,1-3H3,(H,18,19). The first-order valence-corrected chi connectivity index (χ1v) is 7.16. The molecule has 1 amide bonds. The summed E-state index contributed by atoms with van der Waals surface area (Å²) in [6.45, 7) is 4.82. The van der Waals surface area contributed by atoms with E-state index in [4.69, 9.17) is 10.5 Å². The molecule has 0 fully saturated rings. The molecular formula is C16H26N2O2. The van der Waals surface area contributed by atoms with Crippen molar-refractivity contribution in [2.45, 2.75) is 38.8 Å². The van der Waals surface area contributed by atoms with E-state index in [-0.39, 0.29) is 11.9 Å². The third kappa shape index (κ3) is 5.31. The molecule has 0 aliphatic heterocycles. The van der Waals surface area contributed by atoms with Crippen molar-refractivity contribution in [3.63, 3.8) is 0 Å². The van der Waals surface area contributed by atoms with Gasteiger partial charge in [0.25, 0.3) is 0 Å². The maximum absolute atomic E-state index is 12.1. The van der Waals surface area contributed by atoms with Crippen molar-refractivity contribution in [3.8, 4) is 0 Å². The van der Waals surface area contributed by atoms with E-state index in [1.165, 1.54) is 0 Å². The first-order valence-electron chi connectivity index (χ1n) is 7.16. The van der Waals surface area contributed by atoms with Gasteiger partial charge in [-0.1, -0.05) is 44.2 Å². The van der Waals surface area contributed by atoms with Crippen LogP contribution < -0.4 is 11.1 Å². The fourth-order valence-corrected chi connectivity index (χ4v) is 2.13. The van der Waals surface area contributed by atoms with Crippen LogP contribution in [0.1, 0.15) is 38.3 Å². The highest BCUT2D eigenvalue weighted by atomic mass is 16.5. The number of benzene rings is 1. The zero-order valence-electron chi connectivity index (χ0n) is 12.6. The van der Waals surface area contributed by atoms with Crippen molar-refractivity contribution in [1.29, 1.82) is 0 Å². The quantitative estimate of drug-likeness (QED) is 0.717. The first-order chi connectivity index (χ1) is 9.56. The van der Waals surface area contributed by atoms with Crippen molar-refractivity contribution < 1.29 is 9.53 Å². The summed E-state index contributed by atoms with van der Waals surface area (Å²) in [7, 11) is 1.65. The summed E-state index contributed by atoms with van der Waals surface area (Å²) in [5, 5.41) is 3.05. The number of nitrogens with one attached hydrogen (secondary N) is 1. The van der Waals surface area contributed by atoms with Crippen LogP contribution >= 0.6 is 0 Å². The van der Waals surface area contributed by atoms with Gasteiger partial charge in [0, 0.05) is 13.7 Å². The normalized spacial score (nSPS) is 14.1. The van der Waals surface area contributed by atoms with Crippen molar-refractivity contribution in [2.75, 3.05) is 13.7 Å². The fraction of sp³-hybridized carbons (Fsp3) is 0.562. The van der Waals surface area contributed by atoms with Gasteiger partial charge in [0.1, 0.15) is 0 Å². The minimum absolute atomic E-state index is 0.00262. The van der Waals surface area contributed by atoms with Crippen molar-refractivity contribution >= 4 is 5.91 Å². The van der Waals surface area contributed by atoms with Gasteiger partial charge in [-0.2, -0.15) is 0 Å². The van der Waals surface area contributed by atoms with Crippen LogP contribution in [0.25, 0.3) is 0 Å². The third-order valence-electron chi connectivity index (χ3n) is 3.32. The molecule has 1 aromatic carbocycles. The Morgan fingerprint density at radius 2 is 1.95 bits per heavy atom. The van der Waals surface area contributed by atoms with Crippen LogP contribution in [0.3, 0.4) is 0 Å². The molecule has 2 unspecified atom stereocenters. The number of carbonyl (C=O) groups is 1. The lowest BCUT2D eigenvalue weighted by atomic mass is 9.95. The number of hydrogen-bond donors (Lipinski definition) is 2. The molecule has 0 aliphatic rings. The largest absolute Gasteiger partial charge is 0.385 e. The van der Waals surface area contributed by atoms with Crippen LogP contribution in [0.4, 0.5) is 0 Å². The summed E-state index contributed by atoms with van der Waals surface area (Å²) in [6, 6.07) is 9.51. The molecular weight excluding hydrogens is 252 g/mol. The van der Waals surface area contributed by atoms with E-state index in [1.807, 2.05) is 30.3 Å². The van der Waals surface area contributed by atoms with Crippen LogP contribution in [0.2, 0.25) is 0 Å². The maximum atomic E-state index is 12.1. The Labute approximate surface area is 121 Å². The number of methoxy groups -OCH3 is 1. The second kappa shape index (κ2) is 8.72. The monoisotopic (exact) mass is 278 g/mol. The number of amides is 1. The van der Waals surface area contributed by atoms with Gasteiger partial charge in [-0.15, -0.1) is 0 Å². The Morgan fingerprint density at radius 3 is 2.50 bits per heavy atom. The minimum atomic E-state index is -0.477. The molecule has 0 aromatic heterocycles. The fourth-order valence-electron chi connectivity index (χ4n) is 2.13. The Bertz CT molecular complexity index is 393. The Balaban J connectivity index is 2.60. The van der Waals surface area contributed by atoms with Gasteiger partial charge in [0.05, 0.1) is 12.1 Å². The van der Waals surface area contributed by atoms with E-state index in [1.54, 1.807) is 7.11 Å². The van der Waals surface area contributed by atoms with Crippen LogP contribution in [0, 0.1) is 5.92 Å². The van der Waals surface area contributed by atoms with Crippen molar-refractivity contribution in [2.24, 2.45) is 11.7 Å². The molecule has 0 heterocycles. The van der Waals surface area contributed by atoms with Gasteiger partial charge in [0.2, 0.25) is 5.91 Å². The molecule has 0 spiro atoms. The molecule has 0 saturated carbocycles. The molecule has 0 radical (unpaired) electrons. The number of hydrogen-bond acceptors (Lipinski definition) is 3. The predicted octanol–water partition coefficient (Wildman–Crippen LogP) is 2.25. The first kappa shape index (κ1) is 16.7. The lowest BCUT2D eigenvalue weighted by Crippen LogP contribution is -2.43. The van der Waals surface area contributed by atoms with E-state index >= 15 is 0 Å². The van der Waals surface area contributed by atoms with Gasteiger partial charge >= 0.3 is 0 Å². The van der Waals surface area contributed by atoms with Crippen molar-refractivity contribution in [3.05, 3.63) is 35.9 Å². The average molecular weight is 278 g/mol. The van der Waals surface area contributed by atoms with E-state index in [9.17, 15) is 4.79 Å². The Hall–Kier alpha value is -1.39. The Morgan fingerprint density at radius 1 is 1.30 bits per heavy atom. The van der Waals surface area contributed by atoms with Gasteiger partial charge in [-0.05, 0) is 24.3 Å². The molecule has 4 heteroatoms. The molecule has 3 N–H and O–H groups in total. The molecule has 1 rings (SSSR count). The van der Waals surface area contributed by atoms with Gasteiger partial charge in [-0.3, -0.25) is 4.79 Å². The molecule has 4 nitrogen and oxygen atoms in total. The highest BCUT2D eigenvalue weighted by molar-refractivity contribution is 5.81. The Kier molecular flexibility index (Phi) is 7.26. The summed E-state index contributed by atoms with van der Waals surface area (Å²) in [5.74, 6) is 0.219. The zero-order chi connectivity index (χ0) is 15.0. The number of ether oxygens (including phenoxy) is 1.